The van der Waals surface area contributed by atoms with E-state index in [1.807, 2.05) is 13.8 Å². The van der Waals surface area contributed by atoms with E-state index in [4.69, 9.17) is 15.2 Å². The zero-order valence-corrected chi connectivity index (χ0v) is 12.7. The molecule has 0 atom stereocenters. The summed E-state index contributed by atoms with van der Waals surface area (Å²) >= 11 is 0. The van der Waals surface area contributed by atoms with Crippen molar-refractivity contribution in [2.24, 2.45) is 0 Å². The van der Waals surface area contributed by atoms with Gasteiger partial charge in [-0.2, -0.15) is 4.31 Å². The summed E-state index contributed by atoms with van der Waals surface area (Å²) in [5, 5.41) is 0. The van der Waals surface area contributed by atoms with Crippen molar-refractivity contribution in [2.75, 3.05) is 32.5 Å². The Morgan fingerprint density at radius 1 is 1.40 bits per heavy atom. The lowest BCUT2D eigenvalue weighted by molar-refractivity contribution is -0.0640. The summed E-state index contributed by atoms with van der Waals surface area (Å²) in [5.41, 5.74) is 5.64. The molecule has 20 heavy (non-hydrogen) atoms. The van der Waals surface area contributed by atoms with E-state index in [9.17, 15) is 8.42 Å². The molecule has 0 aromatic heterocycles. The highest BCUT2D eigenvalue weighted by molar-refractivity contribution is 7.89. The number of hydrogen-bond acceptors (Lipinski definition) is 5. The van der Waals surface area contributed by atoms with Crippen LogP contribution in [-0.4, -0.2) is 45.1 Å². The second-order valence-corrected chi connectivity index (χ2v) is 7.29. The van der Waals surface area contributed by atoms with Crippen LogP contribution in [0.3, 0.4) is 0 Å². The Kier molecular flexibility index (Phi) is 3.95. The Morgan fingerprint density at radius 3 is 2.70 bits per heavy atom. The average Bonchev–Trinajstić information content (AvgIpc) is 2.37. The number of benzene rings is 1. The molecule has 0 spiro atoms. The van der Waals surface area contributed by atoms with Crippen LogP contribution in [0.1, 0.15) is 13.8 Å². The van der Waals surface area contributed by atoms with Gasteiger partial charge in [0, 0.05) is 19.2 Å². The van der Waals surface area contributed by atoms with E-state index in [-0.39, 0.29) is 4.90 Å². The Hall–Kier alpha value is -1.31. The van der Waals surface area contributed by atoms with Crippen LogP contribution >= 0.6 is 0 Å². The summed E-state index contributed by atoms with van der Waals surface area (Å²) in [6.07, 6.45) is 0. The van der Waals surface area contributed by atoms with Crippen LogP contribution in [0.25, 0.3) is 0 Å². The number of anilines is 1. The molecule has 0 unspecified atom stereocenters. The number of ether oxygens (including phenoxy) is 2. The molecule has 0 radical (unpaired) electrons. The first-order chi connectivity index (χ1) is 9.26. The van der Waals surface area contributed by atoms with Crippen molar-refractivity contribution in [1.29, 1.82) is 0 Å². The number of hydrogen-bond donors (Lipinski definition) is 1. The molecule has 0 bridgehead atoms. The van der Waals surface area contributed by atoms with Crippen LogP contribution in [0.15, 0.2) is 23.1 Å². The van der Waals surface area contributed by atoms with Gasteiger partial charge in [-0.1, -0.05) is 0 Å². The van der Waals surface area contributed by atoms with Crippen LogP contribution in [0, 0.1) is 0 Å². The van der Waals surface area contributed by atoms with Crippen molar-refractivity contribution in [3.8, 4) is 5.75 Å². The quantitative estimate of drug-likeness (QED) is 0.845. The van der Waals surface area contributed by atoms with Crippen LogP contribution in [0.2, 0.25) is 0 Å². The van der Waals surface area contributed by atoms with E-state index in [1.165, 1.54) is 29.6 Å². The fourth-order valence-electron chi connectivity index (χ4n) is 2.18. The number of nitrogen functional groups attached to an aromatic ring is 1. The van der Waals surface area contributed by atoms with E-state index in [0.717, 1.165) is 0 Å². The van der Waals surface area contributed by atoms with E-state index in [1.54, 1.807) is 0 Å². The van der Waals surface area contributed by atoms with Gasteiger partial charge in [0.1, 0.15) is 5.75 Å². The standard InChI is InChI=1S/C13H20N2O4S/c1-13(2)9-15(6-7-19-13)20(16,17)10-4-5-11(14)12(8-10)18-3/h4-5,8H,6-7,9,14H2,1-3H3. The molecule has 1 aliphatic heterocycles. The Labute approximate surface area is 119 Å². The number of rotatable bonds is 3. The van der Waals surface area contributed by atoms with Gasteiger partial charge in [-0.3, -0.25) is 0 Å². The van der Waals surface area contributed by atoms with Crippen molar-refractivity contribution < 1.29 is 17.9 Å². The number of morpholine rings is 1. The van der Waals surface area contributed by atoms with Crippen LogP contribution < -0.4 is 10.5 Å². The largest absolute Gasteiger partial charge is 0.495 e. The molecule has 112 valence electrons. The highest BCUT2D eigenvalue weighted by atomic mass is 32.2. The zero-order valence-electron chi connectivity index (χ0n) is 11.9. The van der Waals surface area contributed by atoms with Gasteiger partial charge in [0.25, 0.3) is 0 Å². The SMILES string of the molecule is COc1cc(S(=O)(=O)N2CCOC(C)(C)C2)ccc1N. The van der Waals surface area contributed by atoms with Crippen LogP contribution in [0.5, 0.6) is 5.75 Å². The fraction of sp³-hybridized carbons (Fsp3) is 0.538. The molecular weight excluding hydrogens is 280 g/mol. The van der Waals surface area contributed by atoms with E-state index in [0.29, 0.717) is 31.1 Å². The molecule has 6 nitrogen and oxygen atoms in total. The first-order valence-corrected chi connectivity index (χ1v) is 7.78. The molecule has 0 saturated carbocycles. The second kappa shape index (κ2) is 5.23. The first kappa shape index (κ1) is 15.1. The van der Waals surface area contributed by atoms with Gasteiger partial charge >= 0.3 is 0 Å². The number of sulfonamides is 1. The molecule has 2 N–H and O–H groups in total. The minimum atomic E-state index is -3.56. The van der Waals surface area contributed by atoms with Crippen molar-refractivity contribution in [3.05, 3.63) is 18.2 Å². The van der Waals surface area contributed by atoms with Gasteiger partial charge in [-0.15, -0.1) is 0 Å². The summed E-state index contributed by atoms with van der Waals surface area (Å²) < 4.78 is 37.3. The van der Waals surface area contributed by atoms with E-state index < -0.39 is 15.6 Å². The molecule has 7 heteroatoms. The minimum Gasteiger partial charge on any atom is -0.495 e. The first-order valence-electron chi connectivity index (χ1n) is 6.34. The molecule has 1 aliphatic rings. The zero-order chi connectivity index (χ0) is 15.0. The predicted octanol–water partition coefficient (Wildman–Crippen LogP) is 1.08. The van der Waals surface area contributed by atoms with Crippen molar-refractivity contribution in [3.63, 3.8) is 0 Å². The monoisotopic (exact) mass is 300 g/mol. The Bertz CT molecular complexity index is 598. The maximum atomic E-state index is 12.6. The molecule has 1 heterocycles. The highest BCUT2D eigenvalue weighted by Gasteiger charge is 2.35. The summed E-state index contributed by atoms with van der Waals surface area (Å²) in [6, 6.07) is 4.49. The molecule has 0 amide bonds. The van der Waals surface area contributed by atoms with Crippen LogP contribution in [0.4, 0.5) is 5.69 Å². The number of methoxy groups -OCH3 is 1. The summed E-state index contributed by atoms with van der Waals surface area (Å²) in [7, 11) is -2.11. The van der Waals surface area contributed by atoms with Gasteiger partial charge < -0.3 is 15.2 Å². The topological polar surface area (TPSA) is 81.9 Å². The lowest BCUT2D eigenvalue weighted by Gasteiger charge is -2.37. The lowest BCUT2D eigenvalue weighted by Crippen LogP contribution is -2.50. The van der Waals surface area contributed by atoms with Gasteiger partial charge in [-0.05, 0) is 26.0 Å². The molecule has 1 aromatic rings. The maximum Gasteiger partial charge on any atom is 0.243 e. The average molecular weight is 300 g/mol. The summed E-state index contributed by atoms with van der Waals surface area (Å²) in [5.74, 6) is 0.360. The maximum absolute atomic E-state index is 12.6. The number of nitrogens with zero attached hydrogens (tertiary/aromatic N) is 1. The smallest absolute Gasteiger partial charge is 0.243 e. The molecule has 1 fully saturated rings. The van der Waals surface area contributed by atoms with E-state index in [2.05, 4.69) is 0 Å². The molecular formula is C13H20N2O4S. The second-order valence-electron chi connectivity index (χ2n) is 5.35. The third kappa shape index (κ3) is 2.89. The van der Waals surface area contributed by atoms with Crippen molar-refractivity contribution in [2.45, 2.75) is 24.3 Å². The van der Waals surface area contributed by atoms with Gasteiger partial charge in [0.05, 0.1) is 29.9 Å². The fourth-order valence-corrected chi connectivity index (χ4v) is 3.77. The van der Waals surface area contributed by atoms with Gasteiger partial charge in [0.2, 0.25) is 10.0 Å². The molecule has 2 rings (SSSR count). The summed E-state index contributed by atoms with van der Waals surface area (Å²) in [4.78, 5) is 0.182. The third-order valence-corrected chi connectivity index (χ3v) is 5.07. The van der Waals surface area contributed by atoms with E-state index >= 15 is 0 Å². The van der Waals surface area contributed by atoms with Crippen molar-refractivity contribution in [1.82, 2.24) is 4.31 Å². The predicted molar refractivity (Wildman–Crippen MR) is 76.2 cm³/mol. The molecule has 1 saturated heterocycles. The normalized spacial score (nSPS) is 19.8. The lowest BCUT2D eigenvalue weighted by atomic mass is 10.1. The van der Waals surface area contributed by atoms with Crippen LogP contribution in [-0.2, 0) is 14.8 Å². The van der Waals surface area contributed by atoms with Gasteiger partial charge in [0.15, 0.2) is 0 Å². The summed E-state index contributed by atoms with van der Waals surface area (Å²) in [6.45, 7) is 4.80. The molecule has 0 aliphatic carbocycles. The minimum absolute atomic E-state index is 0.182. The Balaban J connectivity index is 2.35. The number of nitrogens with two attached hydrogens (primary N) is 1. The van der Waals surface area contributed by atoms with Gasteiger partial charge in [-0.25, -0.2) is 8.42 Å². The third-order valence-electron chi connectivity index (χ3n) is 3.23. The highest BCUT2D eigenvalue weighted by Crippen LogP contribution is 2.28. The van der Waals surface area contributed by atoms with Crippen molar-refractivity contribution >= 4 is 15.7 Å². The Morgan fingerprint density at radius 2 is 2.10 bits per heavy atom. The molecule has 1 aromatic carbocycles.